The van der Waals surface area contributed by atoms with Crippen LogP contribution < -0.4 is 0 Å². The van der Waals surface area contributed by atoms with Gasteiger partial charge in [0.15, 0.2) is 5.69 Å². The predicted octanol–water partition coefficient (Wildman–Crippen LogP) is 2.37. The Morgan fingerprint density at radius 1 is 1.38 bits per heavy atom. The van der Waals surface area contributed by atoms with Crippen LogP contribution in [-0.4, -0.2) is 33.0 Å². The zero-order valence-electron chi connectivity index (χ0n) is 14.7. The van der Waals surface area contributed by atoms with Crippen LogP contribution in [0, 0.1) is 6.92 Å². The van der Waals surface area contributed by atoms with Gasteiger partial charge in [-0.15, -0.1) is 0 Å². The van der Waals surface area contributed by atoms with Crippen LogP contribution in [0.3, 0.4) is 0 Å². The Kier molecular flexibility index (Phi) is 4.13. The summed E-state index contributed by atoms with van der Waals surface area (Å²) in [7, 11) is 1.58. The van der Waals surface area contributed by atoms with Gasteiger partial charge in [-0.2, -0.15) is 0 Å². The molecule has 0 spiro atoms. The Morgan fingerprint density at radius 3 is 2.79 bits per heavy atom. The standard InChI is InChI=1S/C17H22N4O3/c1-10-12(9-23-5)14(20-24-10)15(22)21-7-11-6-18-16(17(2,3)4)19-13(11)8-21/h6H,7-9H2,1-5H3. The van der Waals surface area contributed by atoms with Gasteiger partial charge in [0.1, 0.15) is 11.6 Å². The van der Waals surface area contributed by atoms with Crippen LogP contribution in [-0.2, 0) is 29.8 Å². The molecule has 1 amide bonds. The van der Waals surface area contributed by atoms with E-state index in [1.54, 1.807) is 18.9 Å². The smallest absolute Gasteiger partial charge is 0.277 e. The van der Waals surface area contributed by atoms with Crippen LogP contribution in [0.15, 0.2) is 10.7 Å². The van der Waals surface area contributed by atoms with E-state index >= 15 is 0 Å². The second-order valence-corrected chi connectivity index (χ2v) is 7.08. The van der Waals surface area contributed by atoms with Crippen molar-refractivity contribution in [2.24, 2.45) is 0 Å². The molecule has 2 aromatic heterocycles. The first-order valence-corrected chi connectivity index (χ1v) is 7.90. The number of carbonyl (C=O) groups is 1. The third kappa shape index (κ3) is 2.91. The zero-order valence-corrected chi connectivity index (χ0v) is 14.7. The molecule has 0 aliphatic carbocycles. The fourth-order valence-corrected chi connectivity index (χ4v) is 2.68. The molecular weight excluding hydrogens is 308 g/mol. The molecule has 0 fully saturated rings. The molecule has 0 aromatic carbocycles. The maximum absolute atomic E-state index is 12.8. The van der Waals surface area contributed by atoms with Gasteiger partial charge in [-0.1, -0.05) is 25.9 Å². The van der Waals surface area contributed by atoms with Crippen LogP contribution in [0.4, 0.5) is 0 Å². The first-order valence-electron chi connectivity index (χ1n) is 7.90. The molecule has 0 radical (unpaired) electrons. The Hall–Kier alpha value is -2.28. The molecule has 0 unspecified atom stereocenters. The van der Waals surface area contributed by atoms with E-state index in [1.807, 2.05) is 6.20 Å². The van der Waals surface area contributed by atoms with E-state index in [0.717, 1.165) is 17.1 Å². The first-order chi connectivity index (χ1) is 11.3. The summed E-state index contributed by atoms with van der Waals surface area (Å²) >= 11 is 0. The van der Waals surface area contributed by atoms with Gasteiger partial charge in [0.25, 0.3) is 5.91 Å². The Morgan fingerprint density at radius 2 is 2.12 bits per heavy atom. The third-order valence-electron chi connectivity index (χ3n) is 4.09. The summed E-state index contributed by atoms with van der Waals surface area (Å²) in [6.45, 7) is 9.23. The molecule has 128 valence electrons. The van der Waals surface area contributed by atoms with Gasteiger partial charge in [-0.25, -0.2) is 9.97 Å². The molecule has 0 saturated carbocycles. The van der Waals surface area contributed by atoms with Crippen molar-refractivity contribution in [2.45, 2.75) is 52.8 Å². The number of amides is 1. The van der Waals surface area contributed by atoms with Crippen LogP contribution in [0.5, 0.6) is 0 Å². The normalized spacial score (nSPS) is 14.1. The molecule has 0 saturated heterocycles. The number of fused-ring (bicyclic) bond motifs is 1. The van der Waals surface area contributed by atoms with Gasteiger partial charge in [0.05, 0.1) is 24.4 Å². The lowest BCUT2D eigenvalue weighted by Crippen LogP contribution is -2.26. The highest BCUT2D eigenvalue weighted by Gasteiger charge is 2.31. The number of aryl methyl sites for hydroxylation is 1. The van der Waals surface area contributed by atoms with Crippen molar-refractivity contribution >= 4 is 5.91 Å². The molecule has 24 heavy (non-hydrogen) atoms. The number of methoxy groups -OCH3 is 1. The van der Waals surface area contributed by atoms with Crippen molar-refractivity contribution in [3.05, 3.63) is 40.3 Å². The molecule has 2 aromatic rings. The second-order valence-electron chi connectivity index (χ2n) is 7.08. The molecule has 1 aliphatic heterocycles. The molecular formula is C17H22N4O3. The van der Waals surface area contributed by atoms with Gasteiger partial charge >= 0.3 is 0 Å². The lowest BCUT2D eigenvalue weighted by Gasteiger charge is -2.16. The number of carbonyl (C=O) groups excluding carboxylic acids is 1. The molecule has 7 nitrogen and oxygen atoms in total. The molecule has 3 heterocycles. The van der Waals surface area contributed by atoms with Crippen molar-refractivity contribution in [1.29, 1.82) is 0 Å². The summed E-state index contributed by atoms with van der Waals surface area (Å²) in [5.74, 6) is 1.22. The lowest BCUT2D eigenvalue weighted by atomic mass is 9.95. The van der Waals surface area contributed by atoms with Crippen LogP contribution in [0.1, 0.15) is 59.7 Å². The minimum Gasteiger partial charge on any atom is -0.380 e. The summed E-state index contributed by atoms with van der Waals surface area (Å²) in [5, 5.41) is 3.92. The maximum Gasteiger partial charge on any atom is 0.277 e. The minimum absolute atomic E-state index is 0.124. The maximum atomic E-state index is 12.8. The first kappa shape index (κ1) is 16.6. The molecule has 7 heteroatoms. The summed E-state index contributed by atoms with van der Waals surface area (Å²) < 4.78 is 10.3. The quantitative estimate of drug-likeness (QED) is 0.859. The highest BCUT2D eigenvalue weighted by atomic mass is 16.5. The van der Waals surface area contributed by atoms with E-state index in [4.69, 9.17) is 9.26 Å². The van der Waals surface area contributed by atoms with Gasteiger partial charge in [0.2, 0.25) is 0 Å². The minimum atomic E-state index is -0.172. The fraction of sp³-hybridized carbons (Fsp3) is 0.529. The van der Waals surface area contributed by atoms with E-state index in [0.29, 0.717) is 36.7 Å². The summed E-state index contributed by atoms with van der Waals surface area (Å²) in [6.07, 6.45) is 1.82. The topological polar surface area (TPSA) is 81.4 Å². The SMILES string of the molecule is COCc1c(C(=O)N2Cc3cnc(C(C)(C)C)nc3C2)noc1C. The highest BCUT2D eigenvalue weighted by Crippen LogP contribution is 2.26. The van der Waals surface area contributed by atoms with Gasteiger partial charge < -0.3 is 14.2 Å². The van der Waals surface area contributed by atoms with E-state index in [1.165, 1.54) is 0 Å². The van der Waals surface area contributed by atoms with Crippen molar-refractivity contribution < 1.29 is 14.1 Å². The number of hydrogen-bond acceptors (Lipinski definition) is 6. The number of rotatable bonds is 3. The van der Waals surface area contributed by atoms with Gasteiger partial charge in [-0.05, 0) is 6.92 Å². The third-order valence-corrected chi connectivity index (χ3v) is 4.09. The largest absolute Gasteiger partial charge is 0.380 e. The zero-order chi connectivity index (χ0) is 17.5. The van der Waals surface area contributed by atoms with E-state index in [2.05, 4.69) is 35.9 Å². The lowest BCUT2D eigenvalue weighted by molar-refractivity contribution is 0.0735. The molecule has 1 aliphatic rings. The fourth-order valence-electron chi connectivity index (χ4n) is 2.68. The highest BCUT2D eigenvalue weighted by molar-refractivity contribution is 5.94. The molecule has 0 bridgehead atoms. The Bertz CT molecular complexity index is 777. The number of nitrogens with zero attached hydrogens (tertiary/aromatic N) is 4. The summed E-state index contributed by atoms with van der Waals surface area (Å²) in [6, 6.07) is 0. The van der Waals surface area contributed by atoms with E-state index in [9.17, 15) is 4.79 Å². The monoisotopic (exact) mass is 330 g/mol. The van der Waals surface area contributed by atoms with Crippen LogP contribution in [0.2, 0.25) is 0 Å². The van der Waals surface area contributed by atoms with Crippen LogP contribution in [0.25, 0.3) is 0 Å². The summed E-state index contributed by atoms with van der Waals surface area (Å²) in [5.41, 5.74) is 2.76. The van der Waals surface area contributed by atoms with Crippen molar-refractivity contribution in [1.82, 2.24) is 20.0 Å². The summed E-state index contributed by atoms with van der Waals surface area (Å²) in [4.78, 5) is 23.6. The van der Waals surface area contributed by atoms with Crippen molar-refractivity contribution in [3.63, 3.8) is 0 Å². The molecule has 0 N–H and O–H groups in total. The van der Waals surface area contributed by atoms with Crippen LogP contribution >= 0.6 is 0 Å². The number of hydrogen-bond donors (Lipinski definition) is 0. The molecule has 3 rings (SSSR count). The number of aromatic nitrogens is 3. The van der Waals surface area contributed by atoms with Crippen molar-refractivity contribution in [3.8, 4) is 0 Å². The van der Waals surface area contributed by atoms with E-state index < -0.39 is 0 Å². The number of ether oxygens (including phenoxy) is 1. The predicted molar refractivity (Wildman–Crippen MR) is 86.3 cm³/mol. The second kappa shape index (κ2) is 5.98. The van der Waals surface area contributed by atoms with Gasteiger partial charge in [0, 0.05) is 30.8 Å². The van der Waals surface area contributed by atoms with Gasteiger partial charge in [-0.3, -0.25) is 4.79 Å². The average molecular weight is 330 g/mol. The Balaban J connectivity index is 1.84. The van der Waals surface area contributed by atoms with E-state index in [-0.39, 0.29) is 11.3 Å². The Labute approximate surface area is 141 Å². The molecule has 0 atom stereocenters. The average Bonchev–Trinajstić information content (AvgIpc) is 3.10. The van der Waals surface area contributed by atoms with Crippen molar-refractivity contribution in [2.75, 3.05) is 7.11 Å².